The average molecular weight is 256 g/mol. The van der Waals surface area contributed by atoms with E-state index in [0.29, 0.717) is 6.54 Å². The third-order valence-corrected chi connectivity index (χ3v) is 3.47. The van der Waals surface area contributed by atoms with Gasteiger partial charge in [0.15, 0.2) is 0 Å². The molecule has 0 aromatic heterocycles. The lowest BCUT2D eigenvalue weighted by Gasteiger charge is -2.16. The highest BCUT2D eigenvalue weighted by atomic mass is 79.9. The van der Waals surface area contributed by atoms with Crippen molar-refractivity contribution in [1.82, 2.24) is 0 Å². The first-order valence-corrected chi connectivity index (χ1v) is 5.55. The van der Waals surface area contributed by atoms with E-state index >= 15 is 0 Å². The van der Waals surface area contributed by atoms with Crippen molar-refractivity contribution < 1.29 is 4.74 Å². The number of benzene rings is 1. The average Bonchev–Trinajstić information content (AvgIpc) is 2.98. The van der Waals surface area contributed by atoms with Gasteiger partial charge in [-0.25, -0.2) is 0 Å². The molecule has 1 fully saturated rings. The summed E-state index contributed by atoms with van der Waals surface area (Å²) in [5.74, 6) is 0.947. The Morgan fingerprint density at radius 3 is 2.71 bits per heavy atom. The van der Waals surface area contributed by atoms with Crippen molar-refractivity contribution in [2.45, 2.75) is 18.3 Å². The van der Waals surface area contributed by atoms with Gasteiger partial charge >= 0.3 is 0 Å². The van der Waals surface area contributed by atoms with Gasteiger partial charge < -0.3 is 10.5 Å². The lowest BCUT2D eigenvalue weighted by atomic mass is 9.95. The maximum Gasteiger partial charge on any atom is 0.123 e. The summed E-state index contributed by atoms with van der Waals surface area (Å²) in [6, 6.07) is 6.17. The Labute approximate surface area is 92.6 Å². The molecule has 1 aromatic carbocycles. The molecule has 0 saturated heterocycles. The monoisotopic (exact) mass is 255 g/mol. The predicted molar refractivity (Wildman–Crippen MR) is 60.7 cm³/mol. The first-order chi connectivity index (χ1) is 6.72. The zero-order valence-corrected chi connectivity index (χ0v) is 9.80. The van der Waals surface area contributed by atoms with Crippen molar-refractivity contribution in [3.05, 3.63) is 28.2 Å². The number of ether oxygens (including phenoxy) is 1. The Kier molecular flexibility index (Phi) is 2.54. The summed E-state index contributed by atoms with van der Waals surface area (Å²) < 4.78 is 6.42. The van der Waals surface area contributed by atoms with Crippen molar-refractivity contribution >= 4 is 15.9 Å². The van der Waals surface area contributed by atoms with Crippen LogP contribution < -0.4 is 10.5 Å². The van der Waals surface area contributed by atoms with E-state index in [1.165, 1.54) is 18.4 Å². The van der Waals surface area contributed by atoms with Crippen LogP contribution in [0, 0.1) is 0 Å². The van der Waals surface area contributed by atoms with E-state index in [2.05, 4.69) is 22.0 Å². The van der Waals surface area contributed by atoms with Crippen molar-refractivity contribution in [2.24, 2.45) is 5.73 Å². The van der Waals surface area contributed by atoms with Crippen LogP contribution in [0.3, 0.4) is 0 Å². The molecule has 0 heterocycles. The molecule has 0 bridgehead atoms. The maximum absolute atomic E-state index is 5.80. The summed E-state index contributed by atoms with van der Waals surface area (Å²) in [5.41, 5.74) is 7.25. The Morgan fingerprint density at radius 1 is 1.50 bits per heavy atom. The summed E-state index contributed by atoms with van der Waals surface area (Å²) in [4.78, 5) is 0. The summed E-state index contributed by atoms with van der Waals surface area (Å²) >= 11 is 3.43. The third kappa shape index (κ3) is 1.55. The van der Waals surface area contributed by atoms with Gasteiger partial charge in [0.1, 0.15) is 5.75 Å². The second-order valence-electron chi connectivity index (χ2n) is 3.83. The standard InChI is InChI=1S/C11H14BrNO/c1-14-10-6-8(12)2-3-9(10)11(7-13)4-5-11/h2-3,6H,4-5,7,13H2,1H3. The molecule has 2 N–H and O–H groups in total. The molecule has 0 spiro atoms. The van der Waals surface area contributed by atoms with Gasteiger partial charge in [0.25, 0.3) is 0 Å². The molecule has 2 nitrogen and oxygen atoms in total. The van der Waals surface area contributed by atoms with Crippen LogP contribution in [0.2, 0.25) is 0 Å². The van der Waals surface area contributed by atoms with Gasteiger partial charge in [0, 0.05) is 22.0 Å². The normalized spacial score (nSPS) is 17.9. The minimum absolute atomic E-state index is 0.200. The summed E-state index contributed by atoms with van der Waals surface area (Å²) in [6.45, 7) is 0.713. The number of halogens is 1. The van der Waals surface area contributed by atoms with Crippen molar-refractivity contribution in [1.29, 1.82) is 0 Å². The summed E-state index contributed by atoms with van der Waals surface area (Å²) in [5, 5.41) is 0. The second kappa shape index (κ2) is 3.55. The first kappa shape index (κ1) is 9.99. The maximum atomic E-state index is 5.80. The Hall–Kier alpha value is -0.540. The molecule has 0 radical (unpaired) electrons. The summed E-state index contributed by atoms with van der Waals surface area (Å²) in [7, 11) is 1.71. The fourth-order valence-electron chi connectivity index (χ4n) is 1.84. The Balaban J connectivity index is 2.42. The van der Waals surface area contributed by atoms with Crippen LogP contribution in [0.15, 0.2) is 22.7 Å². The highest BCUT2D eigenvalue weighted by Gasteiger charge is 2.44. The SMILES string of the molecule is COc1cc(Br)ccc1C1(CN)CC1. The molecule has 0 amide bonds. The molecule has 0 atom stereocenters. The molecule has 0 aliphatic heterocycles. The number of nitrogens with two attached hydrogens (primary N) is 1. The van der Waals surface area contributed by atoms with Crippen molar-refractivity contribution in [3.63, 3.8) is 0 Å². The van der Waals surface area contributed by atoms with E-state index in [9.17, 15) is 0 Å². The predicted octanol–water partition coefficient (Wildman–Crippen LogP) is 2.45. The minimum atomic E-state index is 0.200. The third-order valence-electron chi connectivity index (χ3n) is 2.98. The lowest BCUT2D eigenvalue weighted by molar-refractivity contribution is 0.404. The lowest BCUT2D eigenvalue weighted by Crippen LogP contribution is -2.20. The van der Waals surface area contributed by atoms with Crippen LogP contribution in [-0.4, -0.2) is 13.7 Å². The van der Waals surface area contributed by atoms with Gasteiger partial charge in [-0.2, -0.15) is 0 Å². The fourth-order valence-corrected chi connectivity index (χ4v) is 2.18. The molecule has 14 heavy (non-hydrogen) atoms. The smallest absolute Gasteiger partial charge is 0.123 e. The molecule has 3 heteroatoms. The van der Waals surface area contributed by atoms with E-state index in [4.69, 9.17) is 10.5 Å². The number of rotatable bonds is 3. The van der Waals surface area contributed by atoms with Crippen LogP contribution in [-0.2, 0) is 5.41 Å². The van der Waals surface area contributed by atoms with E-state index in [-0.39, 0.29) is 5.41 Å². The molecule has 0 unspecified atom stereocenters. The topological polar surface area (TPSA) is 35.2 Å². The van der Waals surface area contributed by atoms with Crippen molar-refractivity contribution in [3.8, 4) is 5.75 Å². The molecule has 2 rings (SSSR count). The van der Waals surface area contributed by atoms with Gasteiger partial charge in [0.05, 0.1) is 7.11 Å². The highest BCUT2D eigenvalue weighted by Crippen LogP contribution is 2.50. The molecular formula is C11H14BrNO. The van der Waals surface area contributed by atoms with Crippen LogP contribution in [0.5, 0.6) is 5.75 Å². The first-order valence-electron chi connectivity index (χ1n) is 4.76. The van der Waals surface area contributed by atoms with E-state index < -0.39 is 0 Å². The number of hydrogen-bond acceptors (Lipinski definition) is 2. The van der Waals surface area contributed by atoms with Crippen LogP contribution in [0.25, 0.3) is 0 Å². The Morgan fingerprint density at radius 2 is 2.21 bits per heavy atom. The van der Waals surface area contributed by atoms with E-state index in [1.807, 2.05) is 12.1 Å². The van der Waals surface area contributed by atoms with Crippen LogP contribution >= 0.6 is 15.9 Å². The van der Waals surface area contributed by atoms with E-state index in [1.54, 1.807) is 7.11 Å². The van der Waals surface area contributed by atoms with Crippen molar-refractivity contribution in [2.75, 3.05) is 13.7 Å². The number of hydrogen-bond donors (Lipinski definition) is 1. The van der Waals surface area contributed by atoms with Gasteiger partial charge in [-0.15, -0.1) is 0 Å². The van der Waals surface area contributed by atoms with Gasteiger partial charge in [-0.1, -0.05) is 22.0 Å². The number of methoxy groups -OCH3 is 1. The largest absolute Gasteiger partial charge is 0.496 e. The van der Waals surface area contributed by atoms with Crippen LogP contribution in [0.1, 0.15) is 18.4 Å². The molecule has 76 valence electrons. The summed E-state index contributed by atoms with van der Waals surface area (Å²) in [6.07, 6.45) is 2.36. The molecule has 1 aliphatic rings. The molecular weight excluding hydrogens is 242 g/mol. The highest BCUT2D eigenvalue weighted by molar-refractivity contribution is 9.10. The van der Waals surface area contributed by atoms with Crippen LogP contribution in [0.4, 0.5) is 0 Å². The minimum Gasteiger partial charge on any atom is -0.496 e. The quantitative estimate of drug-likeness (QED) is 0.901. The molecule has 1 saturated carbocycles. The second-order valence-corrected chi connectivity index (χ2v) is 4.74. The van der Waals surface area contributed by atoms with Gasteiger partial charge in [0.2, 0.25) is 0 Å². The Bertz CT molecular complexity index is 347. The zero-order valence-electron chi connectivity index (χ0n) is 8.22. The van der Waals surface area contributed by atoms with Gasteiger partial charge in [-0.3, -0.25) is 0 Å². The fraction of sp³-hybridized carbons (Fsp3) is 0.455. The van der Waals surface area contributed by atoms with E-state index in [0.717, 1.165) is 10.2 Å². The molecule has 1 aliphatic carbocycles. The van der Waals surface area contributed by atoms with Gasteiger partial charge in [-0.05, 0) is 25.0 Å². The zero-order chi connectivity index (χ0) is 10.2. The molecule has 1 aromatic rings.